The fourth-order valence-corrected chi connectivity index (χ4v) is 6.32. The second-order valence-corrected chi connectivity index (χ2v) is 11.3. The maximum atomic E-state index is 13.5. The predicted molar refractivity (Wildman–Crippen MR) is 154 cm³/mol. The number of nitrogens with zero attached hydrogens (tertiary/aromatic N) is 4. The summed E-state index contributed by atoms with van der Waals surface area (Å²) in [5.41, 5.74) is 2.16. The zero-order valence-corrected chi connectivity index (χ0v) is 23.2. The number of pyridine rings is 1. The first-order chi connectivity index (χ1) is 19.6. The Balaban J connectivity index is 1.05. The minimum atomic E-state index is -0.464. The summed E-state index contributed by atoms with van der Waals surface area (Å²) in [4.78, 5) is 33.3. The monoisotopic (exact) mass is 547 g/mol. The number of carbonyl (C=O) groups is 2. The number of amides is 2. The first-order valence-corrected chi connectivity index (χ1v) is 14.9. The molecule has 10 nitrogen and oxygen atoms in total. The van der Waals surface area contributed by atoms with Crippen molar-refractivity contribution >= 4 is 23.3 Å². The number of aromatic nitrogens is 1. The second-order valence-electron chi connectivity index (χ2n) is 11.3. The summed E-state index contributed by atoms with van der Waals surface area (Å²) in [6, 6.07) is 12.0. The summed E-state index contributed by atoms with van der Waals surface area (Å²) < 4.78 is 6.34. The molecule has 0 aliphatic carbocycles. The van der Waals surface area contributed by atoms with Crippen LogP contribution in [0.4, 0.5) is 11.5 Å². The van der Waals surface area contributed by atoms with Crippen LogP contribution in [0.15, 0.2) is 42.6 Å². The van der Waals surface area contributed by atoms with Crippen LogP contribution in [0.5, 0.6) is 5.75 Å². The van der Waals surface area contributed by atoms with Crippen molar-refractivity contribution in [3.8, 4) is 5.75 Å². The number of benzene rings is 1. The van der Waals surface area contributed by atoms with Gasteiger partial charge < -0.3 is 25.6 Å². The Morgan fingerprint density at radius 3 is 2.40 bits per heavy atom. The third kappa shape index (κ3) is 6.24. The van der Waals surface area contributed by atoms with Crippen LogP contribution < -0.4 is 25.6 Å². The molecule has 4 fully saturated rings. The molecule has 5 heterocycles. The fourth-order valence-electron chi connectivity index (χ4n) is 6.32. The van der Waals surface area contributed by atoms with Crippen molar-refractivity contribution in [1.82, 2.24) is 25.6 Å². The van der Waals surface area contributed by atoms with E-state index >= 15 is 0 Å². The molecule has 0 bridgehead atoms. The fraction of sp³-hybridized carbons (Fsp3) is 0.567. The molecular formula is C30H41N7O3. The van der Waals surface area contributed by atoms with Gasteiger partial charge in [-0.2, -0.15) is 0 Å². The molecule has 0 radical (unpaired) electrons. The molecule has 10 heteroatoms. The lowest BCUT2D eigenvalue weighted by molar-refractivity contribution is -0.173. The van der Waals surface area contributed by atoms with Crippen LogP contribution in [0.1, 0.15) is 50.0 Å². The van der Waals surface area contributed by atoms with Crippen LogP contribution in [-0.2, 0) is 9.59 Å². The Hall–Kier alpha value is -3.21. The molecule has 0 saturated carbocycles. The largest absolute Gasteiger partial charge is 0.489 e. The van der Waals surface area contributed by atoms with E-state index in [1.165, 1.54) is 23.4 Å². The van der Waals surface area contributed by atoms with Gasteiger partial charge in [-0.25, -0.2) is 15.0 Å². The van der Waals surface area contributed by atoms with E-state index in [2.05, 4.69) is 50.1 Å². The first-order valence-electron chi connectivity index (χ1n) is 14.9. The van der Waals surface area contributed by atoms with Gasteiger partial charge >= 0.3 is 0 Å². The molecule has 0 spiro atoms. The van der Waals surface area contributed by atoms with E-state index in [-0.39, 0.29) is 17.9 Å². The normalized spacial score (nSPS) is 25.2. The lowest BCUT2D eigenvalue weighted by atomic mass is 9.90. The van der Waals surface area contributed by atoms with Gasteiger partial charge in [-0.05, 0) is 80.9 Å². The highest BCUT2D eigenvalue weighted by molar-refractivity contribution is 6.01. The van der Waals surface area contributed by atoms with E-state index < -0.39 is 6.04 Å². The zero-order valence-electron chi connectivity index (χ0n) is 23.2. The van der Waals surface area contributed by atoms with Crippen molar-refractivity contribution in [2.24, 2.45) is 0 Å². The molecule has 2 unspecified atom stereocenters. The van der Waals surface area contributed by atoms with E-state index in [0.29, 0.717) is 31.8 Å². The van der Waals surface area contributed by atoms with Crippen LogP contribution in [-0.4, -0.2) is 91.3 Å². The van der Waals surface area contributed by atoms with Gasteiger partial charge in [0.1, 0.15) is 23.7 Å². The number of nitrogens with one attached hydrogen (secondary N) is 3. The lowest BCUT2D eigenvalue weighted by Gasteiger charge is -2.42. The number of hydrazine groups is 1. The smallest absolute Gasteiger partial charge is 0.266 e. The summed E-state index contributed by atoms with van der Waals surface area (Å²) in [6.45, 7) is 7.10. The molecule has 4 aliphatic rings. The Bertz CT molecular complexity index is 1150. The lowest BCUT2D eigenvalue weighted by Crippen LogP contribution is -2.61. The maximum Gasteiger partial charge on any atom is 0.266 e. The molecule has 2 atom stereocenters. The molecule has 4 saturated heterocycles. The summed E-state index contributed by atoms with van der Waals surface area (Å²) in [7, 11) is 0. The minimum Gasteiger partial charge on any atom is -0.489 e. The van der Waals surface area contributed by atoms with E-state index in [1.54, 1.807) is 6.20 Å². The van der Waals surface area contributed by atoms with Crippen molar-refractivity contribution in [2.45, 2.75) is 56.6 Å². The molecule has 2 aromatic rings. The summed E-state index contributed by atoms with van der Waals surface area (Å²) in [5.74, 6) is 2.06. The third-order valence-electron chi connectivity index (χ3n) is 8.55. The average Bonchev–Trinajstić information content (AvgIpc) is 3.01. The van der Waals surface area contributed by atoms with Gasteiger partial charge in [0.2, 0.25) is 5.91 Å². The van der Waals surface area contributed by atoms with Gasteiger partial charge in [-0.15, -0.1) is 0 Å². The number of anilines is 2. The standard InChI is InChI=1S/C30H41N7O3/c38-29-10-8-27(34-24-5-9-28(33-20-24)35-18-15-32-16-19-35)30(39)37(29)36-17-1-2-26(21-36)40-25-6-3-22(4-7-25)23-11-13-31-14-12-23/h3-7,9,20,23,26-27,31-32,34H,1-2,8,10-19,21H2. The first kappa shape index (κ1) is 27.0. The van der Waals surface area contributed by atoms with Crippen LogP contribution in [0.25, 0.3) is 0 Å². The number of hydrogen-bond donors (Lipinski definition) is 3. The van der Waals surface area contributed by atoms with Crippen molar-refractivity contribution in [2.75, 3.05) is 62.6 Å². The molecule has 1 aromatic heterocycles. The average molecular weight is 548 g/mol. The molecule has 1 aromatic carbocycles. The van der Waals surface area contributed by atoms with Crippen molar-refractivity contribution in [3.05, 3.63) is 48.2 Å². The van der Waals surface area contributed by atoms with Gasteiger partial charge in [-0.1, -0.05) is 12.1 Å². The minimum absolute atomic E-state index is 0.0749. The quantitative estimate of drug-likeness (QED) is 0.451. The Labute approximate surface area is 236 Å². The van der Waals surface area contributed by atoms with E-state index in [1.807, 2.05) is 17.1 Å². The summed E-state index contributed by atoms with van der Waals surface area (Å²) in [5, 5.41) is 13.4. The number of rotatable bonds is 7. The molecule has 4 aliphatic heterocycles. The van der Waals surface area contributed by atoms with E-state index in [9.17, 15) is 9.59 Å². The number of carbonyl (C=O) groups excluding carboxylic acids is 2. The van der Waals surface area contributed by atoms with Crippen molar-refractivity contribution < 1.29 is 14.3 Å². The van der Waals surface area contributed by atoms with Crippen LogP contribution in [0.2, 0.25) is 0 Å². The Kier molecular flexibility index (Phi) is 8.45. The van der Waals surface area contributed by atoms with Crippen LogP contribution in [0, 0.1) is 0 Å². The number of piperazine rings is 1. The van der Waals surface area contributed by atoms with Gasteiger partial charge in [0.25, 0.3) is 5.91 Å². The Morgan fingerprint density at radius 1 is 0.875 bits per heavy atom. The molecular weight excluding hydrogens is 506 g/mol. The van der Waals surface area contributed by atoms with Gasteiger partial charge in [0.05, 0.1) is 18.4 Å². The number of ether oxygens (including phenoxy) is 1. The van der Waals surface area contributed by atoms with Gasteiger partial charge in [0, 0.05) is 39.1 Å². The highest BCUT2D eigenvalue weighted by Gasteiger charge is 2.40. The highest BCUT2D eigenvalue weighted by atomic mass is 16.5. The third-order valence-corrected chi connectivity index (χ3v) is 8.55. The van der Waals surface area contributed by atoms with Gasteiger partial charge in [-0.3, -0.25) is 9.59 Å². The summed E-state index contributed by atoms with van der Waals surface area (Å²) >= 11 is 0. The number of piperidine rings is 3. The summed E-state index contributed by atoms with van der Waals surface area (Å²) in [6.07, 6.45) is 6.62. The second kappa shape index (κ2) is 12.5. The molecule has 214 valence electrons. The number of hydrogen-bond acceptors (Lipinski definition) is 9. The molecule has 3 N–H and O–H groups in total. The maximum absolute atomic E-state index is 13.5. The molecule has 2 amide bonds. The van der Waals surface area contributed by atoms with E-state index in [0.717, 1.165) is 69.4 Å². The topological polar surface area (TPSA) is 102 Å². The highest BCUT2D eigenvalue weighted by Crippen LogP contribution is 2.29. The van der Waals surface area contributed by atoms with E-state index in [4.69, 9.17) is 4.74 Å². The van der Waals surface area contributed by atoms with Crippen LogP contribution in [0.3, 0.4) is 0 Å². The van der Waals surface area contributed by atoms with Crippen LogP contribution >= 0.6 is 0 Å². The number of imide groups is 1. The van der Waals surface area contributed by atoms with Crippen molar-refractivity contribution in [3.63, 3.8) is 0 Å². The molecule has 40 heavy (non-hydrogen) atoms. The molecule has 6 rings (SSSR count). The van der Waals surface area contributed by atoms with Gasteiger partial charge in [0.15, 0.2) is 0 Å². The zero-order chi connectivity index (χ0) is 27.3. The Morgan fingerprint density at radius 2 is 1.65 bits per heavy atom. The SMILES string of the molecule is O=C1CCC(Nc2ccc(N3CCNCC3)nc2)C(=O)N1N1CCCC(Oc2ccc(C3CCNCC3)cc2)C1. The van der Waals surface area contributed by atoms with Crippen molar-refractivity contribution in [1.29, 1.82) is 0 Å². The predicted octanol–water partition coefficient (Wildman–Crippen LogP) is 2.35.